The molecule has 1 saturated heterocycles. The van der Waals surface area contributed by atoms with E-state index in [9.17, 15) is 18.0 Å². The first-order chi connectivity index (χ1) is 15.3. The van der Waals surface area contributed by atoms with E-state index in [2.05, 4.69) is 19.6 Å². The van der Waals surface area contributed by atoms with Crippen molar-refractivity contribution in [3.63, 3.8) is 0 Å². The van der Waals surface area contributed by atoms with E-state index >= 15 is 0 Å². The molecule has 1 amide bonds. The lowest BCUT2D eigenvalue weighted by Gasteiger charge is -2.41. The highest BCUT2D eigenvalue weighted by atomic mass is 32.1. The molecule has 0 spiro atoms. The van der Waals surface area contributed by atoms with E-state index in [0.29, 0.717) is 54.1 Å². The van der Waals surface area contributed by atoms with E-state index in [1.54, 1.807) is 16.7 Å². The lowest BCUT2D eigenvalue weighted by Crippen LogP contribution is -2.56. The predicted octanol–water partition coefficient (Wildman–Crippen LogP) is 2.78. The SMILES string of the molecule is Cc1nsc(-c2nnc3n2CCN(C(=O)c2ccc(F)cc2)C3CCN2CC(F)(F)C2)n1. The summed E-state index contributed by atoms with van der Waals surface area (Å²) in [5.74, 6) is -1.53. The second kappa shape index (κ2) is 7.93. The standard InChI is InChI=1S/C20H20F3N7OS/c1-12-24-18(32-27-12)17-26-25-16-15(6-7-28-10-20(22,23)11-28)29(8-9-30(16)17)19(31)13-2-4-14(21)5-3-13/h2-5,15H,6-11H2,1H3. The van der Waals surface area contributed by atoms with Gasteiger partial charge in [0, 0.05) is 25.2 Å². The average molecular weight is 463 g/mol. The van der Waals surface area contributed by atoms with Crippen molar-refractivity contribution in [2.75, 3.05) is 26.2 Å². The third kappa shape index (κ3) is 3.88. The lowest BCUT2D eigenvalue weighted by molar-refractivity contribution is -0.131. The molecule has 1 fully saturated rings. The Bertz CT molecular complexity index is 1140. The molecule has 8 nitrogen and oxygen atoms in total. The Kier molecular flexibility index (Phi) is 5.20. The molecule has 1 atom stereocenters. The van der Waals surface area contributed by atoms with Crippen LogP contribution in [0, 0.1) is 12.7 Å². The quantitative estimate of drug-likeness (QED) is 0.579. The molecule has 2 aliphatic rings. The van der Waals surface area contributed by atoms with Crippen molar-refractivity contribution in [1.29, 1.82) is 0 Å². The molecule has 1 aromatic carbocycles. The number of aryl methyl sites for hydroxylation is 1. The summed E-state index contributed by atoms with van der Waals surface area (Å²) >= 11 is 1.23. The minimum atomic E-state index is -2.65. The third-order valence-electron chi connectivity index (χ3n) is 5.72. The van der Waals surface area contributed by atoms with Crippen LogP contribution in [-0.2, 0) is 6.54 Å². The van der Waals surface area contributed by atoms with E-state index < -0.39 is 17.8 Å². The topological polar surface area (TPSA) is 80.0 Å². The van der Waals surface area contributed by atoms with E-state index in [-0.39, 0.29) is 19.0 Å². The normalized spacial score (nSPS) is 20.1. The van der Waals surface area contributed by atoms with Crippen LogP contribution in [-0.4, -0.2) is 71.9 Å². The number of rotatable bonds is 5. The number of benzene rings is 1. The summed E-state index contributed by atoms with van der Waals surface area (Å²) in [7, 11) is 0. The summed E-state index contributed by atoms with van der Waals surface area (Å²) in [4.78, 5) is 20.9. The van der Waals surface area contributed by atoms with Gasteiger partial charge in [-0.1, -0.05) is 0 Å². The second-order valence-electron chi connectivity index (χ2n) is 8.06. The molecular formula is C20H20F3N7OS. The van der Waals surface area contributed by atoms with Crippen molar-refractivity contribution in [3.05, 3.63) is 47.3 Å². The Morgan fingerprint density at radius 2 is 1.94 bits per heavy atom. The minimum Gasteiger partial charge on any atom is -0.327 e. The van der Waals surface area contributed by atoms with Crippen molar-refractivity contribution in [1.82, 2.24) is 33.9 Å². The molecule has 0 saturated carbocycles. The van der Waals surface area contributed by atoms with Gasteiger partial charge in [-0.2, -0.15) is 4.37 Å². The Morgan fingerprint density at radius 3 is 2.59 bits per heavy atom. The van der Waals surface area contributed by atoms with Crippen LogP contribution in [0.5, 0.6) is 0 Å². The van der Waals surface area contributed by atoms with Crippen molar-refractivity contribution >= 4 is 17.4 Å². The van der Waals surface area contributed by atoms with Crippen LogP contribution >= 0.6 is 11.5 Å². The molecule has 32 heavy (non-hydrogen) atoms. The fourth-order valence-electron chi connectivity index (χ4n) is 4.19. The van der Waals surface area contributed by atoms with Gasteiger partial charge in [-0.15, -0.1) is 10.2 Å². The molecule has 0 radical (unpaired) electrons. The van der Waals surface area contributed by atoms with E-state index in [0.717, 1.165) is 0 Å². The Hall–Kier alpha value is -2.86. The van der Waals surface area contributed by atoms with Crippen LogP contribution in [0.1, 0.15) is 34.5 Å². The van der Waals surface area contributed by atoms with Crippen molar-refractivity contribution in [2.45, 2.75) is 31.9 Å². The lowest BCUT2D eigenvalue weighted by atomic mass is 10.0. The Labute approximate surface area is 185 Å². The number of amides is 1. The Morgan fingerprint density at radius 1 is 1.19 bits per heavy atom. The van der Waals surface area contributed by atoms with Crippen LogP contribution in [0.3, 0.4) is 0 Å². The van der Waals surface area contributed by atoms with Crippen molar-refractivity contribution < 1.29 is 18.0 Å². The second-order valence-corrected chi connectivity index (χ2v) is 8.81. The summed E-state index contributed by atoms with van der Waals surface area (Å²) in [6.45, 7) is 2.46. The smallest absolute Gasteiger partial charge is 0.272 e. The number of hydrogen-bond donors (Lipinski definition) is 0. The zero-order valence-corrected chi connectivity index (χ0v) is 18.0. The predicted molar refractivity (Wildman–Crippen MR) is 110 cm³/mol. The first kappa shape index (κ1) is 21.0. The monoisotopic (exact) mass is 463 g/mol. The summed E-state index contributed by atoms with van der Waals surface area (Å²) in [5.41, 5.74) is 0.361. The molecule has 2 aliphatic heterocycles. The van der Waals surface area contributed by atoms with E-state index in [1.807, 2.05) is 4.57 Å². The number of carbonyl (C=O) groups excluding carboxylic acids is 1. The molecular weight excluding hydrogens is 443 g/mol. The number of carbonyl (C=O) groups is 1. The van der Waals surface area contributed by atoms with Crippen molar-refractivity contribution in [3.8, 4) is 10.8 Å². The number of aromatic nitrogens is 5. The highest BCUT2D eigenvalue weighted by Crippen LogP contribution is 2.34. The molecule has 2 aromatic heterocycles. The first-order valence-electron chi connectivity index (χ1n) is 10.2. The molecule has 168 valence electrons. The zero-order valence-electron chi connectivity index (χ0n) is 17.2. The maximum atomic E-state index is 13.3. The van der Waals surface area contributed by atoms with Gasteiger partial charge in [-0.25, -0.2) is 18.2 Å². The van der Waals surface area contributed by atoms with Gasteiger partial charge in [-0.05, 0) is 49.1 Å². The van der Waals surface area contributed by atoms with Gasteiger partial charge in [0.25, 0.3) is 11.8 Å². The van der Waals surface area contributed by atoms with Gasteiger partial charge in [0.1, 0.15) is 11.6 Å². The maximum absolute atomic E-state index is 13.3. The molecule has 0 aliphatic carbocycles. The summed E-state index contributed by atoms with van der Waals surface area (Å²) < 4.78 is 46.0. The molecule has 3 aromatic rings. The van der Waals surface area contributed by atoms with Gasteiger partial charge in [0.2, 0.25) is 0 Å². The van der Waals surface area contributed by atoms with Crippen LogP contribution in [0.25, 0.3) is 10.8 Å². The molecule has 4 heterocycles. The summed E-state index contributed by atoms with van der Waals surface area (Å²) in [5, 5.41) is 9.28. The van der Waals surface area contributed by atoms with Gasteiger partial charge in [0.15, 0.2) is 16.7 Å². The van der Waals surface area contributed by atoms with Gasteiger partial charge < -0.3 is 9.47 Å². The highest BCUT2D eigenvalue weighted by molar-refractivity contribution is 7.09. The number of hydrogen-bond acceptors (Lipinski definition) is 7. The minimum absolute atomic E-state index is 0.258. The number of fused-ring (bicyclic) bond motifs is 1. The molecule has 12 heteroatoms. The average Bonchev–Trinajstić information content (AvgIpc) is 3.36. The van der Waals surface area contributed by atoms with E-state index in [4.69, 9.17) is 0 Å². The van der Waals surface area contributed by atoms with Crippen LogP contribution in [0.4, 0.5) is 13.2 Å². The van der Waals surface area contributed by atoms with Crippen LogP contribution in [0.15, 0.2) is 24.3 Å². The number of nitrogens with zero attached hydrogens (tertiary/aromatic N) is 7. The highest BCUT2D eigenvalue weighted by Gasteiger charge is 2.44. The first-order valence-corrected chi connectivity index (χ1v) is 11.0. The fraction of sp³-hybridized carbons (Fsp3) is 0.450. The molecule has 0 N–H and O–H groups in total. The fourth-order valence-corrected chi connectivity index (χ4v) is 4.85. The van der Waals surface area contributed by atoms with Gasteiger partial charge in [0.05, 0.1) is 19.1 Å². The zero-order chi connectivity index (χ0) is 22.5. The van der Waals surface area contributed by atoms with E-state index in [1.165, 1.54) is 35.8 Å². The maximum Gasteiger partial charge on any atom is 0.272 e. The Balaban J connectivity index is 1.44. The largest absolute Gasteiger partial charge is 0.327 e. The summed E-state index contributed by atoms with van der Waals surface area (Å²) in [6, 6.07) is 4.92. The molecule has 0 bridgehead atoms. The van der Waals surface area contributed by atoms with Gasteiger partial charge in [-0.3, -0.25) is 9.69 Å². The summed E-state index contributed by atoms with van der Waals surface area (Å²) in [6.07, 6.45) is 0.427. The molecule has 5 rings (SSSR count). The van der Waals surface area contributed by atoms with Crippen LogP contribution < -0.4 is 0 Å². The van der Waals surface area contributed by atoms with Crippen LogP contribution in [0.2, 0.25) is 0 Å². The number of alkyl halides is 2. The van der Waals surface area contributed by atoms with Crippen molar-refractivity contribution in [2.24, 2.45) is 0 Å². The molecule has 1 unspecified atom stereocenters. The number of halogens is 3. The van der Waals surface area contributed by atoms with Gasteiger partial charge >= 0.3 is 0 Å². The number of likely N-dealkylation sites (tertiary alicyclic amines) is 1. The third-order valence-corrected chi connectivity index (χ3v) is 6.52.